The molecule has 0 saturated heterocycles. The van der Waals surface area contributed by atoms with Crippen LogP contribution >= 0.6 is 0 Å². The number of unbranched alkanes of at least 4 members (excludes halogenated alkanes) is 1. The number of hydroxylamine groups is 1. The first-order valence-corrected chi connectivity index (χ1v) is 27.9. The topological polar surface area (TPSA) is 208 Å². The van der Waals surface area contributed by atoms with Crippen LogP contribution in [0.3, 0.4) is 0 Å². The van der Waals surface area contributed by atoms with Crippen LogP contribution in [-0.4, -0.2) is 75.0 Å². The van der Waals surface area contributed by atoms with Crippen molar-refractivity contribution in [1.82, 2.24) is 30.0 Å². The van der Waals surface area contributed by atoms with E-state index in [2.05, 4.69) is 25.6 Å². The van der Waals surface area contributed by atoms with Gasteiger partial charge >= 0.3 is 12.3 Å². The van der Waals surface area contributed by atoms with Crippen molar-refractivity contribution in [1.29, 1.82) is 0 Å². The van der Waals surface area contributed by atoms with E-state index in [1.807, 2.05) is 80.9 Å². The van der Waals surface area contributed by atoms with E-state index >= 15 is 0 Å². The molecule has 1 aliphatic heterocycles. The average molecular weight is 1100 g/mol. The number of aliphatic imine (C=N–C) groups is 1. The first-order valence-electron chi connectivity index (χ1n) is 25.0. The van der Waals surface area contributed by atoms with Crippen molar-refractivity contribution in [2.24, 2.45) is 4.99 Å². The normalized spacial score (nSPS) is 14.7. The fourth-order valence-electron chi connectivity index (χ4n) is 9.49. The summed E-state index contributed by atoms with van der Waals surface area (Å²) in [7, 11) is -8.92. The molecule has 16 nitrogen and oxygen atoms in total. The Kier molecular flexibility index (Phi) is 15.7. The van der Waals surface area contributed by atoms with Crippen LogP contribution in [0.5, 0.6) is 5.75 Å². The number of fused-ring (bicyclic) bond motifs is 4. The average Bonchev–Trinajstić information content (AvgIpc) is 4.13. The summed E-state index contributed by atoms with van der Waals surface area (Å²) in [6.07, 6.45) is -5.00. The third-order valence-corrected chi connectivity index (χ3v) is 16.3. The number of sulfonamides is 2. The molecule has 0 radical (unpaired) electrons. The van der Waals surface area contributed by atoms with E-state index in [4.69, 9.17) is 14.3 Å². The number of rotatable bonds is 16. The Bertz CT molecular complexity index is 3440. The number of benzene rings is 5. The summed E-state index contributed by atoms with van der Waals surface area (Å²) in [5, 5.41) is 6.34. The number of nitrogens with one attached hydrogen (secondary N) is 4. The molecule has 408 valence electrons. The maximum Gasteiger partial charge on any atom is 0.435 e. The van der Waals surface area contributed by atoms with Gasteiger partial charge in [-0.1, -0.05) is 78.4 Å². The van der Waals surface area contributed by atoms with E-state index in [0.29, 0.717) is 34.4 Å². The number of alkyl carbamates (subject to hydrolysis) is 1. The number of aryl methyl sites for hydroxylation is 1. The predicted octanol–water partition coefficient (Wildman–Crippen LogP) is 10.0. The lowest BCUT2D eigenvalue weighted by Gasteiger charge is -2.23. The zero-order valence-corrected chi connectivity index (χ0v) is 45.8. The number of nitrogens with zero attached hydrogens (tertiary/aromatic N) is 3. The first-order chi connectivity index (χ1) is 36.1. The second-order valence-corrected chi connectivity index (χ2v) is 24.2. The van der Waals surface area contributed by atoms with E-state index in [1.165, 1.54) is 12.1 Å². The number of ether oxygens (including phenoxy) is 2. The van der Waals surface area contributed by atoms with Crippen molar-refractivity contribution in [3.05, 3.63) is 148 Å². The van der Waals surface area contributed by atoms with Crippen molar-refractivity contribution < 1.29 is 53.9 Å². The fraction of sp³-hybridized carbons (Fsp3) is 0.357. The maximum atomic E-state index is 14.2. The quantitative estimate of drug-likeness (QED) is 0.0310. The molecule has 2 aliphatic rings. The summed E-state index contributed by atoms with van der Waals surface area (Å²) in [6.45, 7) is 16.2. The second-order valence-electron chi connectivity index (χ2n) is 20.9. The lowest BCUT2D eigenvalue weighted by Crippen LogP contribution is -2.48. The zero-order chi connectivity index (χ0) is 55.8. The van der Waals surface area contributed by atoms with Crippen molar-refractivity contribution in [3.63, 3.8) is 0 Å². The minimum atomic E-state index is -4.77. The Balaban J connectivity index is 1.00. The highest BCUT2D eigenvalue weighted by molar-refractivity contribution is 7.90. The van der Waals surface area contributed by atoms with Crippen molar-refractivity contribution in [2.75, 3.05) is 13.2 Å². The summed E-state index contributed by atoms with van der Waals surface area (Å²) < 4.78 is 116. The molecular weight excluding hydrogens is 1040 g/mol. The molecule has 0 bridgehead atoms. The predicted molar refractivity (Wildman–Crippen MR) is 286 cm³/mol. The Morgan fingerprint density at radius 2 is 1.44 bits per heavy atom. The van der Waals surface area contributed by atoms with Gasteiger partial charge in [-0.3, -0.25) is 14.6 Å². The largest absolute Gasteiger partial charge is 0.487 e. The Labute approximate surface area is 446 Å². The van der Waals surface area contributed by atoms with Gasteiger partial charge in [-0.25, -0.2) is 41.2 Å². The molecule has 4 N–H and O–H groups in total. The number of hydrogen-bond acceptors (Lipinski definition) is 11. The van der Waals surface area contributed by atoms with Gasteiger partial charge in [-0.2, -0.15) is 18.3 Å². The van der Waals surface area contributed by atoms with Crippen LogP contribution in [0.1, 0.15) is 104 Å². The summed E-state index contributed by atoms with van der Waals surface area (Å²) in [5.41, 5.74) is 8.20. The van der Waals surface area contributed by atoms with Crippen LogP contribution in [-0.2, 0) is 47.0 Å². The number of aromatic nitrogens is 2. The van der Waals surface area contributed by atoms with Crippen LogP contribution in [0.15, 0.2) is 118 Å². The lowest BCUT2D eigenvalue weighted by atomic mass is 9.94. The van der Waals surface area contributed by atoms with Gasteiger partial charge in [0.1, 0.15) is 24.0 Å². The Morgan fingerprint density at radius 3 is 2.05 bits per heavy atom. The van der Waals surface area contributed by atoms with Crippen LogP contribution in [0.2, 0.25) is 0 Å². The number of amides is 2. The molecule has 0 fully saturated rings. The van der Waals surface area contributed by atoms with Gasteiger partial charge in [0, 0.05) is 30.0 Å². The smallest absolute Gasteiger partial charge is 0.435 e. The molecule has 77 heavy (non-hydrogen) atoms. The van der Waals surface area contributed by atoms with E-state index in [0.717, 1.165) is 56.3 Å². The molecule has 2 heterocycles. The number of carbonyl (C=O) groups excluding carboxylic acids is 2. The lowest BCUT2D eigenvalue weighted by molar-refractivity contribution is -0.141. The summed E-state index contributed by atoms with van der Waals surface area (Å²) in [5.74, 6) is -0.963. The van der Waals surface area contributed by atoms with Crippen LogP contribution in [0.25, 0.3) is 28.1 Å². The third-order valence-electron chi connectivity index (χ3n) is 13.3. The minimum absolute atomic E-state index is 0.0160. The molecule has 5 aromatic carbocycles. The monoisotopic (exact) mass is 1100 g/mol. The van der Waals surface area contributed by atoms with E-state index in [9.17, 15) is 39.6 Å². The van der Waals surface area contributed by atoms with Crippen molar-refractivity contribution >= 4 is 38.0 Å². The number of halogens is 3. The molecule has 1 aromatic heterocycles. The molecular formula is C56H62F3N7O9S2. The second kappa shape index (κ2) is 21.7. The molecule has 0 unspecified atom stereocenters. The Hall–Kier alpha value is -7.23. The molecule has 1 atom stereocenters. The number of hydrogen-bond donors (Lipinski definition) is 4. The number of guanidine groups is 1. The molecule has 21 heteroatoms. The third kappa shape index (κ3) is 12.6. The molecule has 8 rings (SSSR count). The van der Waals surface area contributed by atoms with Gasteiger partial charge in [0.05, 0.1) is 26.8 Å². The van der Waals surface area contributed by atoms with Crippen LogP contribution in [0.4, 0.5) is 18.0 Å². The Morgan fingerprint density at radius 1 is 0.818 bits per heavy atom. The first kappa shape index (κ1) is 56.0. The van der Waals surface area contributed by atoms with E-state index in [-0.39, 0.29) is 60.6 Å². The fourth-order valence-corrected chi connectivity index (χ4v) is 12.1. The van der Waals surface area contributed by atoms with Crippen molar-refractivity contribution in [3.8, 4) is 33.8 Å². The van der Waals surface area contributed by atoms with Crippen LogP contribution in [0, 0.1) is 27.7 Å². The summed E-state index contributed by atoms with van der Waals surface area (Å²) >= 11 is 0. The molecule has 6 aromatic rings. The maximum absolute atomic E-state index is 14.2. The SMILES string of the molecule is Cc1ccc(-c2cc(C(F)(F)F)nn2-c2ccc(S(=O)(=O)NC(=O)[C@H](CCCCN=C(NOC(C)(C)C)NS(=O)(=O)c3c(C)c(C)c4c(c3C)CC(C)(C)O4)NC(=O)OCC3c4ccccc4-c4ccccc43)cc2)cc1. The molecule has 1 aliphatic carbocycles. The summed E-state index contributed by atoms with van der Waals surface area (Å²) in [4.78, 5) is 37.6. The van der Waals surface area contributed by atoms with E-state index < -0.39 is 66.1 Å². The van der Waals surface area contributed by atoms with E-state index in [1.54, 1.807) is 58.9 Å². The van der Waals surface area contributed by atoms with Gasteiger partial charge in [-0.05, 0) is 151 Å². The minimum Gasteiger partial charge on any atom is -0.487 e. The van der Waals surface area contributed by atoms with Gasteiger partial charge in [0.25, 0.3) is 26.0 Å². The number of carbonyl (C=O) groups is 2. The highest BCUT2D eigenvalue weighted by Gasteiger charge is 2.38. The van der Waals surface area contributed by atoms with Gasteiger partial charge in [0.15, 0.2) is 5.69 Å². The zero-order valence-electron chi connectivity index (χ0n) is 44.2. The highest BCUT2D eigenvalue weighted by Crippen LogP contribution is 2.45. The van der Waals surface area contributed by atoms with Gasteiger partial charge in [0.2, 0.25) is 5.96 Å². The standard InChI is InChI=1S/C56H62F3N7O9S2/c1-33-21-23-37(24-22-33)47-30-48(56(57,58)59)62-66(47)38-25-27-39(28-26-38)76(69,70)64-51(67)46(61-53(68)73-32-45-42-18-12-10-16-40(42)41-17-11-13-19-43(41)45)20-14-15-29-60-52(63-75-54(5,6)7)65-77(71,72)50-35(3)34(2)49-44(36(50)4)31-55(8,9)74-49/h10-13,16-19,21-28,30,45-46H,14-15,20,29,31-32H2,1-9H3,(H,61,68)(H,64,67)(H2,60,63,65)/t46-/m0/s1. The molecule has 2 amide bonds. The van der Waals surface area contributed by atoms with Crippen molar-refractivity contribution in [2.45, 2.75) is 127 Å². The number of alkyl halides is 3. The molecule has 0 saturated carbocycles. The van der Waals surface area contributed by atoms with Gasteiger partial charge < -0.3 is 14.8 Å². The molecule has 0 spiro atoms. The van der Waals surface area contributed by atoms with Crippen LogP contribution < -0.4 is 25.0 Å². The summed E-state index contributed by atoms with van der Waals surface area (Å²) in [6, 6.07) is 26.4. The highest BCUT2D eigenvalue weighted by atomic mass is 32.2. The van der Waals surface area contributed by atoms with Gasteiger partial charge in [-0.15, -0.1) is 0 Å².